The largest absolute Gasteiger partial charge is 0.363 e. The van der Waals surface area contributed by atoms with Gasteiger partial charge in [-0.2, -0.15) is 5.26 Å². The van der Waals surface area contributed by atoms with Crippen LogP contribution >= 0.6 is 0 Å². The van der Waals surface area contributed by atoms with Crippen LogP contribution in [0.1, 0.15) is 24.6 Å². The molecule has 1 saturated heterocycles. The molecule has 1 aromatic carbocycles. The Hall–Kier alpha value is -2.94. The van der Waals surface area contributed by atoms with E-state index in [1.54, 1.807) is 6.20 Å². The van der Waals surface area contributed by atoms with Gasteiger partial charge in [0.25, 0.3) is 0 Å². The van der Waals surface area contributed by atoms with E-state index in [0.717, 1.165) is 5.56 Å². The Kier molecular flexibility index (Phi) is 4.20. The van der Waals surface area contributed by atoms with Gasteiger partial charge in [0.1, 0.15) is 11.9 Å². The molecule has 6 heteroatoms. The first-order chi connectivity index (χ1) is 11.2. The summed E-state index contributed by atoms with van der Waals surface area (Å²) in [6.07, 6.45) is 3.39. The van der Waals surface area contributed by atoms with Gasteiger partial charge in [-0.15, -0.1) is 0 Å². The molecule has 0 radical (unpaired) electrons. The maximum Gasteiger partial charge on any atom is 0.225 e. The minimum atomic E-state index is -0.0468. The van der Waals surface area contributed by atoms with Crippen LogP contribution in [-0.2, 0) is 11.3 Å². The third-order valence-corrected chi connectivity index (χ3v) is 4.07. The summed E-state index contributed by atoms with van der Waals surface area (Å²) >= 11 is 0. The lowest BCUT2D eigenvalue weighted by molar-refractivity contribution is -0.129. The first-order valence-corrected chi connectivity index (χ1v) is 7.49. The van der Waals surface area contributed by atoms with Gasteiger partial charge in [0.15, 0.2) is 5.69 Å². The van der Waals surface area contributed by atoms with E-state index in [1.807, 2.05) is 48.2 Å². The number of benzene rings is 1. The highest BCUT2D eigenvalue weighted by Crippen LogP contribution is 2.24. The van der Waals surface area contributed by atoms with E-state index >= 15 is 0 Å². The molecule has 1 aliphatic heterocycles. The van der Waals surface area contributed by atoms with Crippen molar-refractivity contribution in [2.45, 2.75) is 32.0 Å². The highest BCUT2D eigenvalue weighted by Gasteiger charge is 2.36. The number of nitriles is 1. The highest BCUT2D eigenvalue weighted by molar-refractivity contribution is 5.80. The van der Waals surface area contributed by atoms with Gasteiger partial charge in [-0.25, -0.2) is 4.98 Å². The lowest BCUT2D eigenvalue weighted by Gasteiger charge is -2.25. The Labute approximate surface area is 134 Å². The zero-order valence-corrected chi connectivity index (χ0v) is 12.8. The number of hydrogen-bond donors (Lipinski definition) is 1. The van der Waals surface area contributed by atoms with Gasteiger partial charge < -0.3 is 10.2 Å². The van der Waals surface area contributed by atoms with Crippen molar-refractivity contribution >= 4 is 11.7 Å². The summed E-state index contributed by atoms with van der Waals surface area (Å²) in [5, 5.41) is 12.1. The molecule has 2 heterocycles. The topological polar surface area (TPSA) is 81.9 Å². The van der Waals surface area contributed by atoms with Gasteiger partial charge in [0.05, 0.1) is 18.4 Å². The Morgan fingerprint density at radius 2 is 2.13 bits per heavy atom. The Bertz CT molecular complexity index is 740. The molecular formula is C17H17N5O. The average molecular weight is 307 g/mol. The predicted octanol–water partition coefficient (Wildman–Crippen LogP) is 1.95. The molecule has 6 nitrogen and oxygen atoms in total. The molecule has 1 fully saturated rings. The van der Waals surface area contributed by atoms with E-state index in [0.29, 0.717) is 18.8 Å². The molecule has 2 atom stereocenters. The Morgan fingerprint density at radius 3 is 2.87 bits per heavy atom. The Morgan fingerprint density at radius 1 is 1.35 bits per heavy atom. The molecule has 0 saturated carbocycles. The SMILES string of the molecule is C[C@@H]1[C@H](Nc2cncc(C#N)n2)CC(=O)N1Cc1ccccc1. The number of anilines is 1. The van der Waals surface area contributed by atoms with Gasteiger partial charge in [-0.05, 0) is 12.5 Å². The summed E-state index contributed by atoms with van der Waals surface area (Å²) in [5.41, 5.74) is 1.37. The molecule has 1 aromatic heterocycles. The lowest BCUT2D eigenvalue weighted by atomic mass is 10.1. The minimum Gasteiger partial charge on any atom is -0.363 e. The van der Waals surface area contributed by atoms with Gasteiger partial charge >= 0.3 is 0 Å². The van der Waals surface area contributed by atoms with Crippen molar-refractivity contribution in [2.24, 2.45) is 0 Å². The monoisotopic (exact) mass is 307 g/mol. The van der Waals surface area contributed by atoms with E-state index in [4.69, 9.17) is 5.26 Å². The van der Waals surface area contributed by atoms with Crippen molar-refractivity contribution in [3.8, 4) is 6.07 Å². The van der Waals surface area contributed by atoms with Gasteiger partial charge in [-0.1, -0.05) is 30.3 Å². The molecule has 0 aliphatic carbocycles. The molecule has 0 unspecified atom stereocenters. The molecule has 116 valence electrons. The molecule has 3 rings (SSSR count). The quantitative estimate of drug-likeness (QED) is 0.933. The molecule has 2 aromatic rings. The van der Waals surface area contributed by atoms with E-state index < -0.39 is 0 Å². The van der Waals surface area contributed by atoms with Crippen molar-refractivity contribution in [3.05, 3.63) is 54.0 Å². The molecule has 0 bridgehead atoms. The number of likely N-dealkylation sites (tertiary alicyclic amines) is 1. The second kappa shape index (κ2) is 6.44. The zero-order chi connectivity index (χ0) is 16.2. The number of nitrogens with zero attached hydrogens (tertiary/aromatic N) is 4. The van der Waals surface area contributed by atoms with E-state index in [1.165, 1.54) is 6.20 Å². The van der Waals surface area contributed by atoms with Crippen molar-refractivity contribution in [1.82, 2.24) is 14.9 Å². The Balaban J connectivity index is 1.70. The third kappa shape index (κ3) is 3.29. The number of nitrogens with one attached hydrogen (secondary N) is 1. The molecule has 1 N–H and O–H groups in total. The second-order valence-electron chi connectivity index (χ2n) is 5.60. The maximum absolute atomic E-state index is 12.3. The molecule has 1 aliphatic rings. The van der Waals surface area contributed by atoms with E-state index in [-0.39, 0.29) is 23.7 Å². The van der Waals surface area contributed by atoms with Crippen molar-refractivity contribution in [3.63, 3.8) is 0 Å². The van der Waals surface area contributed by atoms with Crippen LogP contribution in [0.25, 0.3) is 0 Å². The highest BCUT2D eigenvalue weighted by atomic mass is 16.2. The van der Waals surface area contributed by atoms with Crippen molar-refractivity contribution in [2.75, 3.05) is 5.32 Å². The van der Waals surface area contributed by atoms with E-state index in [2.05, 4.69) is 15.3 Å². The summed E-state index contributed by atoms with van der Waals surface area (Å²) in [6, 6.07) is 11.9. The van der Waals surface area contributed by atoms with Crippen molar-refractivity contribution in [1.29, 1.82) is 5.26 Å². The van der Waals surface area contributed by atoms with Crippen LogP contribution < -0.4 is 5.32 Å². The zero-order valence-electron chi connectivity index (χ0n) is 12.8. The number of hydrogen-bond acceptors (Lipinski definition) is 5. The van der Waals surface area contributed by atoms with Gasteiger partial charge in [0.2, 0.25) is 5.91 Å². The van der Waals surface area contributed by atoms with E-state index in [9.17, 15) is 4.79 Å². The smallest absolute Gasteiger partial charge is 0.225 e. The maximum atomic E-state index is 12.3. The number of carbonyl (C=O) groups excluding carboxylic acids is 1. The summed E-state index contributed by atoms with van der Waals surface area (Å²) in [7, 11) is 0. The summed E-state index contributed by atoms with van der Waals surface area (Å²) in [4.78, 5) is 22.3. The number of aromatic nitrogens is 2. The average Bonchev–Trinajstić information content (AvgIpc) is 2.83. The van der Waals surface area contributed by atoms with Crippen LogP contribution in [0, 0.1) is 11.3 Å². The number of amides is 1. The third-order valence-electron chi connectivity index (χ3n) is 4.07. The normalized spacial score (nSPS) is 20.3. The second-order valence-corrected chi connectivity index (χ2v) is 5.60. The van der Waals surface area contributed by atoms with Crippen molar-refractivity contribution < 1.29 is 4.79 Å². The summed E-state index contributed by atoms with van der Waals surface area (Å²) in [5.74, 6) is 0.638. The van der Waals surface area contributed by atoms with Crippen LogP contribution in [0.5, 0.6) is 0 Å². The van der Waals surface area contributed by atoms with Gasteiger partial charge in [-0.3, -0.25) is 9.78 Å². The first-order valence-electron chi connectivity index (χ1n) is 7.49. The fourth-order valence-electron chi connectivity index (χ4n) is 2.78. The predicted molar refractivity (Wildman–Crippen MR) is 85.2 cm³/mol. The van der Waals surface area contributed by atoms with Crippen LogP contribution in [0.2, 0.25) is 0 Å². The number of carbonyl (C=O) groups is 1. The fourth-order valence-corrected chi connectivity index (χ4v) is 2.78. The van der Waals surface area contributed by atoms with Crippen LogP contribution in [0.15, 0.2) is 42.7 Å². The standard InChI is InChI=1S/C17H17N5O/c1-12-15(21-16-10-19-9-14(8-18)20-16)7-17(23)22(12)11-13-5-3-2-4-6-13/h2-6,9-10,12,15H,7,11H2,1H3,(H,20,21)/t12-,15-/m1/s1. The number of rotatable bonds is 4. The van der Waals surface area contributed by atoms with Crippen LogP contribution in [0.4, 0.5) is 5.82 Å². The molecule has 0 spiro atoms. The summed E-state index contributed by atoms with van der Waals surface area (Å²) < 4.78 is 0. The first kappa shape index (κ1) is 15.0. The van der Waals surface area contributed by atoms with Crippen LogP contribution in [0.3, 0.4) is 0 Å². The van der Waals surface area contributed by atoms with Crippen LogP contribution in [-0.4, -0.2) is 32.9 Å². The molecule has 1 amide bonds. The van der Waals surface area contributed by atoms with Gasteiger partial charge in [0, 0.05) is 19.0 Å². The minimum absolute atomic E-state index is 0.0373. The fraction of sp³-hybridized carbons (Fsp3) is 0.294. The summed E-state index contributed by atoms with van der Waals surface area (Å²) in [6.45, 7) is 2.62. The molecule has 23 heavy (non-hydrogen) atoms. The molecular weight excluding hydrogens is 290 g/mol. The lowest BCUT2D eigenvalue weighted by Crippen LogP contribution is -2.37.